The molecule has 0 saturated carbocycles. The fourth-order valence-corrected chi connectivity index (χ4v) is 1.41. The minimum atomic E-state index is 1.04. The zero-order valence-electron chi connectivity index (χ0n) is 7.23. The van der Waals surface area contributed by atoms with Crippen LogP contribution in [-0.4, -0.2) is 0 Å². The van der Waals surface area contributed by atoms with Gasteiger partial charge in [-0.1, -0.05) is 23.6 Å². The monoisotopic (exact) mass is 144 g/mol. The lowest BCUT2D eigenvalue weighted by Gasteiger charge is -2.03. The van der Waals surface area contributed by atoms with E-state index in [4.69, 9.17) is 6.42 Å². The van der Waals surface area contributed by atoms with E-state index in [2.05, 4.69) is 38.8 Å². The van der Waals surface area contributed by atoms with E-state index in [1.165, 1.54) is 16.7 Å². The molecule has 0 aliphatic carbocycles. The van der Waals surface area contributed by atoms with Crippen molar-refractivity contribution in [2.45, 2.75) is 20.8 Å². The number of benzene rings is 1. The van der Waals surface area contributed by atoms with Gasteiger partial charge in [-0.15, -0.1) is 6.42 Å². The first kappa shape index (κ1) is 7.88. The van der Waals surface area contributed by atoms with Crippen LogP contribution < -0.4 is 0 Å². The van der Waals surface area contributed by atoms with Gasteiger partial charge in [-0.3, -0.25) is 0 Å². The smallest absolute Gasteiger partial charge is 0.0301 e. The summed E-state index contributed by atoms with van der Waals surface area (Å²) >= 11 is 0. The van der Waals surface area contributed by atoms with Crippen LogP contribution in [0.4, 0.5) is 0 Å². The largest absolute Gasteiger partial charge is 0.115 e. The summed E-state index contributed by atoms with van der Waals surface area (Å²) in [5.41, 5.74) is 4.71. The first-order valence-corrected chi connectivity index (χ1v) is 3.69. The van der Waals surface area contributed by atoms with Crippen LogP contribution in [0.5, 0.6) is 0 Å². The molecular formula is C11H12. The first-order chi connectivity index (χ1) is 5.15. The minimum Gasteiger partial charge on any atom is -0.115 e. The Hall–Kier alpha value is -1.22. The van der Waals surface area contributed by atoms with Crippen LogP contribution in [0.2, 0.25) is 0 Å². The Morgan fingerprint density at radius 1 is 1.09 bits per heavy atom. The van der Waals surface area contributed by atoms with Crippen LogP contribution in [0.25, 0.3) is 0 Å². The Morgan fingerprint density at radius 3 is 1.91 bits per heavy atom. The number of aryl methyl sites for hydroxylation is 3. The van der Waals surface area contributed by atoms with Gasteiger partial charge in [-0.05, 0) is 31.9 Å². The number of rotatable bonds is 0. The summed E-state index contributed by atoms with van der Waals surface area (Å²) in [6, 6.07) is 4.23. The Labute approximate surface area is 68.3 Å². The molecule has 1 aromatic rings. The molecule has 11 heavy (non-hydrogen) atoms. The molecule has 0 bridgehead atoms. The minimum absolute atomic E-state index is 1.04. The van der Waals surface area contributed by atoms with Gasteiger partial charge in [0, 0.05) is 5.56 Å². The van der Waals surface area contributed by atoms with Crippen molar-refractivity contribution < 1.29 is 0 Å². The molecule has 0 nitrogen and oxygen atoms in total. The molecule has 0 N–H and O–H groups in total. The summed E-state index contributed by atoms with van der Waals surface area (Å²) in [5.74, 6) is 2.69. The summed E-state index contributed by atoms with van der Waals surface area (Å²) in [6.07, 6.45) is 5.35. The van der Waals surface area contributed by atoms with Crippen LogP contribution in [-0.2, 0) is 0 Å². The molecule has 1 rings (SSSR count). The lowest BCUT2D eigenvalue weighted by atomic mass is 10.0. The predicted octanol–water partition coefficient (Wildman–Crippen LogP) is 2.59. The van der Waals surface area contributed by atoms with Crippen LogP contribution in [0.15, 0.2) is 12.1 Å². The van der Waals surface area contributed by atoms with Crippen molar-refractivity contribution in [1.82, 2.24) is 0 Å². The molecule has 0 heterocycles. The van der Waals surface area contributed by atoms with Crippen LogP contribution in [0.3, 0.4) is 0 Å². The average Bonchev–Trinajstić information content (AvgIpc) is 1.85. The maximum atomic E-state index is 5.35. The number of hydrogen-bond acceptors (Lipinski definition) is 0. The Morgan fingerprint density at radius 2 is 1.55 bits per heavy atom. The SMILES string of the molecule is C#Cc1c(C)cc(C)cc1C. The standard InChI is InChI=1S/C11H12/c1-5-11-9(3)6-8(2)7-10(11)4/h1,6-7H,2-4H3. The van der Waals surface area contributed by atoms with Crippen LogP contribution in [0, 0.1) is 33.1 Å². The molecule has 0 radical (unpaired) electrons. The van der Waals surface area contributed by atoms with E-state index in [0.717, 1.165) is 5.56 Å². The highest BCUT2D eigenvalue weighted by Gasteiger charge is 1.98. The average molecular weight is 144 g/mol. The highest BCUT2D eigenvalue weighted by atomic mass is 14.0. The van der Waals surface area contributed by atoms with E-state index in [0.29, 0.717) is 0 Å². The second kappa shape index (κ2) is 2.80. The number of hydrogen-bond donors (Lipinski definition) is 0. The zero-order valence-corrected chi connectivity index (χ0v) is 7.23. The molecule has 0 heteroatoms. The van der Waals surface area contributed by atoms with Crippen LogP contribution >= 0.6 is 0 Å². The second-order valence-electron chi connectivity index (χ2n) is 2.92. The van der Waals surface area contributed by atoms with E-state index < -0.39 is 0 Å². The van der Waals surface area contributed by atoms with Crippen molar-refractivity contribution in [1.29, 1.82) is 0 Å². The molecule has 0 aliphatic rings. The Bertz CT molecular complexity index is 290. The van der Waals surface area contributed by atoms with Crippen LogP contribution in [0.1, 0.15) is 22.3 Å². The van der Waals surface area contributed by atoms with Crippen molar-refractivity contribution >= 4 is 0 Å². The third kappa shape index (κ3) is 1.43. The summed E-state index contributed by atoms with van der Waals surface area (Å²) in [6.45, 7) is 6.19. The molecule has 56 valence electrons. The first-order valence-electron chi connectivity index (χ1n) is 3.69. The van der Waals surface area contributed by atoms with Gasteiger partial charge in [0.2, 0.25) is 0 Å². The van der Waals surface area contributed by atoms with Crippen molar-refractivity contribution in [3.8, 4) is 12.3 Å². The van der Waals surface area contributed by atoms with Gasteiger partial charge >= 0.3 is 0 Å². The van der Waals surface area contributed by atoms with E-state index in [9.17, 15) is 0 Å². The van der Waals surface area contributed by atoms with Gasteiger partial charge in [0.15, 0.2) is 0 Å². The topological polar surface area (TPSA) is 0 Å². The van der Waals surface area contributed by atoms with E-state index in [1.807, 2.05) is 0 Å². The highest BCUT2D eigenvalue weighted by Crippen LogP contribution is 2.14. The summed E-state index contributed by atoms with van der Waals surface area (Å²) < 4.78 is 0. The zero-order chi connectivity index (χ0) is 8.43. The third-order valence-electron chi connectivity index (χ3n) is 1.82. The summed E-state index contributed by atoms with van der Waals surface area (Å²) in [5, 5.41) is 0. The van der Waals surface area contributed by atoms with Gasteiger partial charge in [-0.2, -0.15) is 0 Å². The summed E-state index contributed by atoms with van der Waals surface area (Å²) in [7, 11) is 0. The lowest BCUT2D eigenvalue weighted by molar-refractivity contribution is 1.30. The van der Waals surface area contributed by atoms with E-state index in [-0.39, 0.29) is 0 Å². The number of terminal acetylenes is 1. The molecular weight excluding hydrogens is 132 g/mol. The highest BCUT2D eigenvalue weighted by molar-refractivity contribution is 5.46. The van der Waals surface area contributed by atoms with Crippen molar-refractivity contribution in [2.24, 2.45) is 0 Å². The van der Waals surface area contributed by atoms with Gasteiger partial charge in [0.25, 0.3) is 0 Å². The van der Waals surface area contributed by atoms with Crippen molar-refractivity contribution in [3.05, 3.63) is 34.4 Å². The lowest BCUT2D eigenvalue weighted by Crippen LogP contribution is -1.88. The normalized spacial score (nSPS) is 9.27. The Kier molecular flexibility index (Phi) is 2.01. The fraction of sp³-hybridized carbons (Fsp3) is 0.273. The van der Waals surface area contributed by atoms with Crippen molar-refractivity contribution in [2.75, 3.05) is 0 Å². The molecule has 0 saturated heterocycles. The molecule has 0 aliphatic heterocycles. The van der Waals surface area contributed by atoms with Gasteiger partial charge < -0.3 is 0 Å². The van der Waals surface area contributed by atoms with Crippen molar-refractivity contribution in [3.63, 3.8) is 0 Å². The molecule has 0 atom stereocenters. The molecule has 0 fully saturated rings. The summed E-state index contributed by atoms with van der Waals surface area (Å²) in [4.78, 5) is 0. The van der Waals surface area contributed by atoms with Gasteiger partial charge in [0.05, 0.1) is 0 Å². The maximum absolute atomic E-state index is 5.35. The van der Waals surface area contributed by atoms with Gasteiger partial charge in [0.1, 0.15) is 0 Å². The van der Waals surface area contributed by atoms with Gasteiger partial charge in [-0.25, -0.2) is 0 Å². The fourth-order valence-electron chi connectivity index (χ4n) is 1.41. The van der Waals surface area contributed by atoms with E-state index >= 15 is 0 Å². The molecule has 0 unspecified atom stereocenters. The molecule has 0 spiro atoms. The molecule has 0 aromatic heterocycles. The second-order valence-corrected chi connectivity index (χ2v) is 2.92. The quantitative estimate of drug-likeness (QED) is 0.491. The maximum Gasteiger partial charge on any atom is 0.0301 e. The predicted molar refractivity (Wildman–Crippen MR) is 48.6 cm³/mol. The van der Waals surface area contributed by atoms with E-state index in [1.54, 1.807) is 0 Å². The molecule has 0 amide bonds. The Balaban J connectivity index is 3.40. The molecule has 1 aromatic carbocycles. The third-order valence-corrected chi connectivity index (χ3v) is 1.82.